The van der Waals surface area contributed by atoms with Crippen molar-refractivity contribution < 1.29 is 0 Å². The Balaban J connectivity index is 1.15. The number of pyridine rings is 1. The van der Waals surface area contributed by atoms with Crippen LogP contribution in [0.3, 0.4) is 0 Å². The lowest BCUT2D eigenvalue weighted by atomic mass is 9.91. The van der Waals surface area contributed by atoms with Gasteiger partial charge in [-0.2, -0.15) is 0 Å². The van der Waals surface area contributed by atoms with Crippen LogP contribution < -0.4 is 0 Å². The molecule has 0 bridgehead atoms. The predicted molar refractivity (Wildman–Crippen MR) is 207 cm³/mol. The number of thiophene rings is 1. The zero-order chi connectivity index (χ0) is 32.2. The SMILES string of the molecule is C=C(CC)c1cc(-c2cccc(-c3cccc(-n4c5ccccc5c5ccccc54)c3)c2)cc(-c2ccc3sc4ccncc4c3c2)c1. The van der Waals surface area contributed by atoms with Crippen molar-refractivity contribution in [2.75, 3.05) is 0 Å². The van der Waals surface area contributed by atoms with Gasteiger partial charge in [-0.3, -0.25) is 4.98 Å². The summed E-state index contributed by atoms with van der Waals surface area (Å²) in [4.78, 5) is 4.41. The monoisotopic (exact) mass is 632 g/mol. The van der Waals surface area contributed by atoms with Crippen LogP contribution in [0.5, 0.6) is 0 Å². The Morgan fingerprint density at radius 2 is 1.17 bits per heavy atom. The van der Waals surface area contributed by atoms with Crippen LogP contribution in [0.2, 0.25) is 0 Å². The van der Waals surface area contributed by atoms with Crippen molar-refractivity contribution in [1.82, 2.24) is 9.55 Å². The van der Waals surface area contributed by atoms with Crippen LogP contribution >= 0.6 is 11.3 Å². The van der Waals surface area contributed by atoms with E-state index in [1.54, 1.807) is 0 Å². The lowest BCUT2D eigenvalue weighted by Gasteiger charge is -2.14. The predicted octanol–water partition coefficient (Wildman–Crippen LogP) is 13.0. The molecule has 3 heterocycles. The Labute approximate surface area is 283 Å². The highest BCUT2D eigenvalue weighted by atomic mass is 32.1. The van der Waals surface area contributed by atoms with Gasteiger partial charge in [0.05, 0.1) is 11.0 Å². The van der Waals surface area contributed by atoms with Crippen molar-refractivity contribution in [3.05, 3.63) is 164 Å². The van der Waals surface area contributed by atoms with Crippen molar-refractivity contribution in [2.24, 2.45) is 0 Å². The minimum absolute atomic E-state index is 0.901. The molecule has 48 heavy (non-hydrogen) atoms. The molecule has 9 aromatic rings. The average Bonchev–Trinajstić information content (AvgIpc) is 3.70. The number of hydrogen-bond acceptors (Lipinski definition) is 2. The third kappa shape index (κ3) is 4.74. The zero-order valence-electron chi connectivity index (χ0n) is 26.7. The van der Waals surface area contributed by atoms with Crippen molar-refractivity contribution >= 4 is 58.9 Å². The minimum atomic E-state index is 0.901. The van der Waals surface area contributed by atoms with Gasteiger partial charge >= 0.3 is 0 Å². The molecular weight excluding hydrogens is 601 g/mol. The summed E-state index contributed by atoms with van der Waals surface area (Å²) in [5.41, 5.74) is 13.1. The first-order chi connectivity index (χ1) is 23.6. The van der Waals surface area contributed by atoms with E-state index in [2.05, 4.69) is 163 Å². The topological polar surface area (TPSA) is 17.8 Å². The molecule has 6 aromatic carbocycles. The number of rotatable bonds is 6. The Morgan fingerprint density at radius 1 is 0.562 bits per heavy atom. The number of fused-ring (bicyclic) bond motifs is 6. The van der Waals surface area contributed by atoms with Gasteiger partial charge in [0.2, 0.25) is 0 Å². The first-order valence-corrected chi connectivity index (χ1v) is 17.3. The highest BCUT2D eigenvalue weighted by Crippen LogP contribution is 2.39. The molecule has 0 saturated carbocycles. The summed E-state index contributed by atoms with van der Waals surface area (Å²) in [5, 5.41) is 5.01. The molecule has 0 amide bonds. The summed E-state index contributed by atoms with van der Waals surface area (Å²) >= 11 is 1.82. The maximum absolute atomic E-state index is 4.43. The standard InChI is InChI=1S/C45H32N2S/c1-3-29(2)34-23-35(25-36(24-34)33-18-19-44-40(27-33)41-28-46-21-20-45(41)48-44)31-11-8-10-30(22-31)32-12-9-13-37(26-32)47-42-16-6-4-14-38(42)39-15-5-7-17-43(39)47/h4-28H,2-3H2,1H3. The molecule has 228 valence electrons. The summed E-state index contributed by atoms with van der Waals surface area (Å²) in [6.07, 6.45) is 4.76. The number of allylic oxidation sites excluding steroid dienone is 1. The summed E-state index contributed by atoms with van der Waals surface area (Å²) in [7, 11) is 0. The van der Waals surface area contributed by atoms with Gasteiger partial charge in [0, 0.05) is 49.0 Å². The molecule has 3 aromatic heterocycles. The lowest BCUT2D eigenvalue weighted by molar-refractivity contribution is 1.18. The van der Waals surface area contributed by atoms with E-state index in [0.29, 0.717) is 0 Å². The number of para-hydroxylation sites is 2. The average molecular weight is 633 g/mol. The zero-order valence-corrected chi connectivity index (χ0v) is 27.5. The molecular formula is C45H32N2S. The van der Waals surface area contributed by atoms with E-state index in [4.69, 9.17) is 0 Å². The molecule has 0 aliphatic carbocycles. The number of nitrogens with zero attached hydrogens (tertiary/aromatic N) is 2. The largest absolute Gasteiger partial charge is 0.309 e. The van der Waals surface area contributed by atoms with Gasteiger partial charge in [0.1, 0.15) is 0 Å². The first kappa shape index (κ1) is 28.5. The third-order valence-electron chi connectivity index (χ3n) is 9.59. The van der Waals surface area contributed by atoms with Crippen LogP contribution in [0.15, 0.2) is 158 Å². The van der Waals surface area contributed by atoms with Gasteiger partial charge in [-0.05, 0) is 118 Å². The van der Waals surface area contributed by atoms with Crippen molar-refractivity contribution in [2.45, 2.75) is 13.3 Å². The molecule has 0 N–H and O–H groups in total. The minimum Gasteiger partial charge on any atom is -0.309 e. The molecule has 0 atom stereocenters. The molecule has 0 fully saturated rings. The Bertz CT molecular complexity index is 2640. The van der Waals surface area contributed by atoms with E-state index in [9.17, 15) is 0 Å². The van der Waals surface area contributed by atoms with Gasteiger partial charge in [0.25, 0.3) is 0 Å². The second-order valence-corrected chi connectivity index (χ2v) is 13.5. The highest BCUT2D eigenvalue weighted by molar-refractivity contribution is 7.25. The lowest BCUT2D eigenvalue weighted by Crippen LogP contribution is -1.94. The fourth-order valence-electron chi connectivity index (χ4n) is 7.07. The smallest absolute Gasteiger partial charge is 0.0541 e. The summed E-state index contributed by atoms with van der Waals surface area (Å²) in [5.74, 6) is 0. The summed E-state index contributed by atoms with van der Waals surface area (Å²) in [6, 6.07) is 51.1. The van der Waals surface area contributed by atoms with Crippen LogP contribution in [0, 0.1) is 0 Å². The maximum atomic E-state index is 4.43. The van der Waals surface area contributed by atoms with E-state index in [1.165, 1.54) is 80.9 Å². The Kier molecular flexibility index (Phi) is 6.81. The molecule has 0 radical (unpaired) electrons. The van der Waals surface area contributed by atoms with E-state index < -0.39 is 0 Å². The second kappa shape index (κ2) is 11.5. The number of benzene rings is 6. The fourth-order valence-corrected chi connectivity index (χ4v) is 8.13. The van der Waals surface area contributed by atoms with Gasteiger partial charge in [-0.15, -0.1) is 11.3 Å². The molecule has 0 aliphatic heterocycles. The van der Waals surface area contributed by atoms with Gasteiger partial charge in [-0.25, -0.2) is 0 Å². The number of aromatic nitrogens is 2. The van der Waals surface area contributed by atoms with Crippen LogP contribution in [-0.4, -0.2) is 9.55 Å². The van der Waals surface area contributed by atoms with Crippen LogP contribution in [0.25, 0.3) is 86.6 Å². The second-order valence-electron chi connectivity index (χ2n) is 12.4. The van der Waals surface area contributed by atoms with E-state index in [1.807, 2.05) is 23.7 Å². The van der Waals surface area contributed by atoms with Crippen LogP contribution in [0.4, 0.5) is 0 Å². The summed E-state index contributed by atoms with van der Waals surface area (Å²) < 4.78 is 4.94. The Hall–Kier alpha value is -5.77. The van der Waals surface area contributed by atoms with E-state index in [-0.39, 0.29) is 0 Å². The molecule has 0 spiro atoms. The van der Waals surface area contributed by atoms with Gasteiger partial charge < -0.3 is 4.57 Å². The van der Waals surface area contributed by atoms with E-state index >= 15 is 0 Å². The molecule has 0 saturated heterocycles. The quantitative estimate of drug-likeness (QED) is 0.178. The van der Waals surface area contributed by atoms with Crippen molar-refractivity contribution in [3.8, 4) is 39.1 Å². The molecule has 9 rings (SSSR count). The fraction of sp³-hybridized carbons (Fsp3) is 0.0444. The first-order valence-electron chi connectivity index (χ1n) is 16.4. The van der Waals surface area contributed by atoms with Crippen molar-refractivity contribution in [3.63, 3.8) is 0 Å². The Morgan fingerprint density at radius 3 is 1.90 bits per heavy atom. The van der Waals surface area contributed by atoms with Gasteiger partial charge in [-0.1, -0.05) is 86.3 Å². The maximum Gasteiger partial charge on any atom is 0.0541 e. The third-order valence-corrected chi connectivity index (χ3v) is 10.7. The normalized spacial score (nSPS) is 11.6. The van der Waals surface area contributed by atoms with E-state index in [0.717, 1.165) is 17.7 Å². The van der Waals surface area contributed by atoms with Crippen molar-refractivity contribution in [1.29, 1.82) is 0 Å². The summed E-state index contributed by atoms with van der Waals surface area (Å²) in [6.45, 7) is 6.61. The number of hydrogen-bond donors (Lipinski definition) is 0. The molecule has 0 aliphatic rings. The van der Waals surface area contributed by atoms with Crippen LogP contribution in [-0.2, 0) is 0 Å². The highest BCUT2D eigenvalue weighted by Gasteiger charge is 2.14. The molecule has 0 unspecified atom stereocenters. The molecule has 3 heteroatoms. The molecule has 2 nitrogen and oxygen atoms in total. The van der Waals surface area contributed by atoms with Gasteiger partial charge in [0.15, 0.2) is 0 Å². The van der Waals surface area contributed by atoms with Crippen LogP contribution in [0.1, 0.15) is 18.9 Å².